The van der Waals surface area contributed by atoms with Crippen LogP contribution < -0.4 is 5.32 Å². The molecule has 1 aliphatic heterocycles. The first-order valence-electron chi connectivity index (χ1n) is 9.07. The Morgan fingerprint density at radius 1 is 1.52 bits per heavy atom. The molecule has 156 valence electrons. The maximum absolute atomic E-state index is 13.7. The molecule has 3 rings (SSSR count). The Balaban J connectivity index is 1.90. The summed E-state index contributed by atoms with van der Waals surface area (Å²) in [6.45, 7) is 0.400. The van der Waals surface area contributed by atoms with E-state index >= 15 is 0 Å². The Morgan fingerprint density at radius 3 is 3.00 bits per heavy atom. The van der Waals surface area contributed by atoms with Gasteiger partial charge in [-0.05, 0) is 36.1 Å². The van der Waals surface area contributed by atoms with E-state index in [1.807, 2.05) is 6.26 Å². The summed E-state index contributed by atoms with van der Waals surface area (Å²) in [5.41, 5.74) is 2.22. The van der Waals surface area contributed by atoms with Crippen molar-refractivity contribution in [2.75, 3.05) is 25.7 Å². The fraction of sp³-hybridized carbons (Fsp3) is 0.421. The number of esters is 1. The van der Waals surface area contributed by atoms with Crippen LogP contribution in [0.2, 0.25) is 5.02 Å². The lowest BCUT2D eigenvalue weighted by molar-refractivity contribution is -0.142. The minimum atomic E-state index is -0.752. The molecule has 0 bridgehead atoms. The molecule has 1 aromatic carbocycles. The predicted molar refractivity (Wildman–Crippen MR) is 110 cm³/mol. The summed E-state index contributed by atoms with van der Waals surface area (Å²) >= 11 is 7.55. The van der Waals surface area contributed by atoms with Crippen molar-refractivity contribution in [1.82, 2.24) is 20.2 Å². The lowest BCUT2D eigenvalue weighted by Crippen LogP contribution is -2.51. The number of thioether (sulfide) groups is 1. The van der Waals surface area contributed by atoms with Gasteiger partial charge in [0.05, 0.1) is 24.2 Å². The van der Waals surface area contributed by atoms with E-state index in [0.717, 1.165) is 5.69 Å². The number of benzene rings is 1. The molecule has 0 spiro atoms. The van der Waals surface area contributed by atoms with Crippen LogP contribution in [0.5, 0.6) is 0 Å². The topological polar surface area (TPSA) is 87.3 Å². The molecule has 1 aromatic heterocycles. The largest absolute Gasteiger partial charge is 0.467 e. The first kappa shape index (κ1) is 21.4. The molecular weight excluding hydrogens is 419 g/mol. The zero-order chi connectivity index (χ0) is 21.0. The van der Waals surface area contributed by atoms with Crippen molar-refractivity contribution in [2.45, 2.75) is 24.9 Å². The third-order valence-corrected chi connectivity index (χ3v) is 5.77. The second-order valence-electron chi connectivity index (χ2n) is 6.59. The summed E-state index contributed by atoms with van der Waals surface area (Å²) < 4.78 is 18.5. The number of amides is 2. The van der Waals surface area contributed by atoms with Gasteiger partial charge >= 0.3 is 12.0 Å². The van der Waals surface area contributed by atoms with Crippen molar-refractivity contribution in [3.63, 3.8) is 0 Å². The van der Waals surface area contributed by atoms with E-state index in [1.165, 1.54) is 19.2 Å². The minimum absolute atomic E-state index is 0.0297. The van der Waals surface area contributed by atoms with Crippen LogP contribution in [0.1, 0.15) is 29.4 Å². The second-order valence-corrected chi connectivity index (χ2v) is 7.99. The van der Waals surface area contributed by atoms with Gasteiger partial charge in [0.2, 0.25) is 0 Å². The summed E-state index contributed by atoms with van der Waals surface area (Å²) in [4.78, 5) is 34.2. The number of nitrogens with zero attached hydrogens (tertiary/aromatic N) is 2. The van der Waals surface area contributed by atoms with Gasteiger partial charge in [-0.1, -0.05) is 17.7 Å². The van der Waals surface area contributed by atoms with Gasteiger partial charge in [0, 0.05) is 18.7 Å². The minimum Gasteiger partial charge on any atom is -0.467 e. The number of carbonyl (C=O) groups excluding carboxylic acids is 2. The quantitative estimate of drug-likeness (QED) is 0.674. The van der Waals surface area contributed by atoms with Gasteiger partial charge in [0.25, 0.3) is 0 Å². The van der Waals surface area contributed by atoms with E-state index in [2.05, 4.69) is 15.3 Å². The van der Waals surface area contributed by atoms with Crippen molar-refractivity contribution < 1.29 is 18.7 Å². The molecule has 2 atom stereocenters. The van der Waals surface area contributed by atoms with E-state index in [-0.39, 0.29) is 5.02 Å². The number of fused-ring (bicyclic) bond motifs is 1. The molecule has 0 saturated heterocycles. The number of aromatic amines is 1. The molecule has 0 aliphatic carbocycles. The number of H-pyrrole nitrogens is 1. The number of nitrogens with one attached hydrogen (secondary N) is 2. The van der Waals surface area contributed by atoms with E-state index in [4.69, 9.17) is 16.3 Å². The van der Waals surface area contributed by atoms with Crippen LogP contribution in [0.25, 0.3) is 0 Å². The highest BCUT2D eigenvalue weighted by atomic mass is 35.5. The van der Waals surface area contributed by atoms with E-state index in [1.54, 1.807) is 29.1 Å². The molecule has 2 amide bonds. The average molecular weight is 441 g/mol. The van der Waals surface area contributed by atoms with E-state index in [9.17, 15) is 14.0 Å². The monoisotopic (exact) mass is 440 g/mol. The summed E-state index contributed by atoms with van der Waals surface area (Å²) in [6, 6.07) is 2.63. The van der Waals surface area contributed by atoms with Crippen LogP contribution in [-0.4, -0.2) is 58.6 Å². The normalized spacial score (nSPS) is 16.8. The maximum atomic E-state index is 13.7. The Labute approximate surface area is 177 Å². The lowest BCUT2D eigenvalue weighted by atomic mass is 9.96. The zero-order valence-corrected chi connectivity index (χ0v) is 17.6. The molecule has 2 aromatic rings. The van der Waals surface area contributed by atoms with Gasteiger partial charge in [-0.3, -0.25) is 0 Å². The number of urea groups is 1. The fourth-order valence-electron chi connectivity index (χ4n) is 3.37. The first-order valence-corrected chi connectivity index (χ1v) is 10.8. The van der Waals surface area contributed by atoms with Crippen molar-refractivity contribution in [1.29, 1.82) is 0 Å². The SMILES string of the molecule is COC(=O)C(CCSC)NC(=O)N1CCc2[nH]cnc2C1c1ccc(F)c(Cl)c1. The molecule has 0 radical (unpaired) electrons. The highest BCUT2D eigenvalue weighted by molar-refractivity contribution is 7.98. The number of carbonyl (C=O) groups is 2. The molecule has 0 fully saturated rings. The van der Waals surface area contributed by atoms with Gasteiger partial charge in [-0.2, -0.15) is 11.8 Å². The number of ether oxygens (including phenoxy) is 1. The molecule has 2 unspecified atom stereocenters. The van der Waals surface area contributed by atoms with Gasteiger partial charge in [0.15, 0.2) is 0 Å². The van der Waals surface area contributed by atoms with Gasteiger partial charge in [-0.15, -0.1) is 0 Å². The van der Waals surface area contributed by atoms with Crippen LogP contribution in [0.4, 0.5) is 9.18 Å². The number of hydrogen-bond acceptors (Lipinski definition) is 5. The molecular formula is C19H22ClFN4O3S. The highest BCUT2D eigenvalue weighted by Gasteiger charge is 2.36. The van der Waals surface area contributed by atoms with Crippen LogP contribution in [0, 0.1) is 5.82 Å². The van der Waals surface area contributed by atoms with Gasteiger partial charge in [0.1, 0.15) is 17.9 Å². The third-order valence-electron chi connectivity index (χ3n) is 4.84. The molecule has 2 N–H and O–H groups in total. The standard InChI is InChI=1S/C19H22ClFN4O3S/c1-28-18(26)15(6-8-29-2)24-19(27)25-7-5-14-16(23-10-22-14)17(25)11-3-4-13(21)12(20)9-11/h3-4,9-10,15,17H,5-8H2,1-2H3,(H,22,23)(H,24,27). The van der Waals surface area contributed by atoms with E-state index < -0.39 is 29.9 Å². The van der Waals surface area contributed by atoms with Crippen LogP contribution in [0.3, 0.4) is 0 Å². The fourth-order valence-corrected chi connectivity index (χ4v) is 4.03. The van der Waals surface area contributed by atoms with Crippen LogP contribution in [0.15, 0.2) is 24.5 Å². The van der Waals surface area contributed by atoms with Crippen LogP contribution >= 0.6 is 23.4 Å². The zero-order valence-electron chi connectivity index (χ0n) is 16.1. The summed E-state index contributed by atoms with van der Waals surface area (Å²) in [5.74, 6) is -0.334. The third kappa shape index (κ3) is 4.67. The molecule has 1 aliphatic rings. The second kappa shape index (κ2) is 9.49. The maximum Gasteiger partial charge on any atom is 0.328 e. The van der Waals surface area contributed by atoms with E-state index in [0.29, 0.717) is 36.4 Å². The Hall–Kier alpha value is -2.26. The first-order chi connectivity index (χ1) is 14.0. The highest BCUT2D eigenvalue weighted by Crippen LogP contribution is 2.35. The number of methoxy groups -OCH3 is 1. The smallest absolute Gasteiger partial charge is 0.328 e. The van der Waals surface area contributed by atoms with Crippen molar-refractivity contribution in [3.8, 4) is 0 Å². The van der Waals surface area contributed by atoms with Crippen molar-refractivity contribution in [2.24, 2.45) is 0 Å². The van der Waals surface area contributed by atoms with Crippen LogP contribution in [-0.2, 0) is 16.0 Å². The molecule has 0 saturated carbocycles. The number of aromatic nitrogens is 2. The average Bonchev–Trinajstić information content (AvgIpc) is 3.20. The molecule has 29 heavy (non-hydrogen) atoms. The Morgan fingerprint density at radius 2 is 2.31 bits per heavy atom. The number of halogens is 2. The van der Waals surface area contributed by atoms with Crippen molar-refractivity contribution >= 4 is 35.4 Å². The number of rotatable bonds is 6. The number of imidazole rings is 1. The molecule has 10 heteroatoms. The van der Waals surface area contributed by atoms with Gasteiger partial charge in [-0.25, -0.2) is 19.0 Å². The van der Waals surface area contributed by atoms with Gasteiger partial charge < -0.3 is 19.9 Å². The summed E-state index contributed by atoms with van der Waals surface area (Å²) in [5, 5.41) is 2.75. The predicted octanol–water partition coefficient (Wildman–Crippen LogP) is 3.15. The summed E-state index contributed by atoms with van der Waals surface area (Å²) in [6.07, 6.45) is 4.53. The van der Waals surface area contributed by atoms with Crippen molar-refractivity contribution in [3.05, 3.63) is 52.3 Å². The number of hydrogen-bond donors (Lipinski definition) is 2. The Bertz CT molecular complexity index is 894. The Kier molecular flexibility index (Phi) is 7.02. The summed E-state index contributed by atoms with van der Waals surface area (Å²) in [7, 11) is 1.29. The molecule has 7 nitrogen and oxygen atoms in total. The lowest BCUT2D eigenvalue weighted by Gasteiger charge is -2.36. The molecule has 2 heterocycles.